The number of carbonyl (C=O) groups is 1. The number of carbonyl (C=O) groups excluding carboxylic acids is 1. The lowest BCUT2D eigenvalue weighted by atomic mass is 10.1. The first-order chi connectivity index (χ1) is 13.3. The van der Waals surface area contributed by atoms with Crippen molar-refractivity contribution in [1.29, 1.82) is 0 Å². The van der Waals surface area contributed by atoms with Crippen LogP contribution < -0.4 is 21.9 Å². The molecule has 0 aliphatic heterocycles. The second kappa shape index (κ2) is 9.54. The second-order valence-corrected chi connectivity index (χ2v) is 6.83. The first-order valence-corrected chi connectivity index (χ1v) is 9.55. The number of amides is 1. The summed E-state index contributed by atoms with van der Waals surface area (Å²) in [5.74, 6) is -1.21. The lowest BCUT2D eigenvalue weighted by Gasteiger charge is -2.24. The van der Waals surface area contributed by atoms with E-state index in [-0.39, 0.29) is 35.1 Å². The molecule has 1 heterocycles. The van der Waals surface area contributed by atoms with E-state index in [1.165, 1.54) is 27.7 Å². The topological polar surface area (TPSA) is 101 Å². The standard InChI is InChI=1S/C19H24ClFN4O3/c1-3-5-10-24(15(26)11-12-13(20)7-6-8-14(12)21)16-17(22)25(9-4-2)19(28)23-18(16)27/h6-8H,3-5,9-11,22H2,1-2H3,(H,23,27,28). The minimum absolute atomic E-state index is 0.0487. The summed E-state index contributed by atoms with van der Waals surface area (Å²) < 4.78 is 15.3. The third-order valence-corrected chi connectivity index (χ3v) is 4.71. The number of aromatic amines is 1. The third kappa shape index (κ3) is 4.62. The molecule has 28 heavy (non-hydrogen) atoms. The van der Waals surface area contributed by atoms with Gasteiger partial charge >= 0.3 is 5.69 Å². The van der Waals surface area contributed by atoms with Crippen molar-refractivity contribution < 1.29 is 9.18 Å². The Morgan fingerprint density at radius 2 is 2.00 bits per heavy atom. The molecule has 1 aromatic heterocycles. The summed E-state index contributed by atoms with van der Waals surface area (Å²) in [5, 5.41) is 0.127. The zero-order valence-electron chi connectivity index (χ0n) is 15.9. The molecule has 0 spiro atoms. The van der Waals surface area contributed by atoms with Gasteiger partial charge in [-0.05, 0) is 25.0 Å². The molecule has 0 atom stereocenters. The summed E-state index contributed by atoms with van der Waals surface area (Å²) in [6.07, 6.45) is 1.64. The number of halogens is 2. The van der Waals surface area contributed by atoms with Gasteiger partial charge in [-0.2, -0.15) is 0 Å². The molecule has 0 aliphatic carbocycles. The van der Waals surface area contributed by atoms with E-state index in [0.29, 0.717) is 19.4 Å². The lowest BCUT2D eigenvalue weighted by molar-refractivity contribution is -0.118. The molecule has 152 valence electrons. The number of nitrogens with zero attached hydrogens (tertiary/aromatic N) is 2. The zero-order chi connectivity index (χ0) is 20.8. The van der Waals surface area contributed by atoms with Gasteiger partial charge < -0.3 is 10.6 Å². The highest BCUT2D eigenvalue weighted by atomic mass is 35.5. The molecule has 0 bridgehead atoms. The van der Waals surface area contributed by atoms with E-state index >= 15 is 0 Å². The van der Waals surface area contributed by atoms with Gasteiger partial charge in [0.15, 0.2) is 5.69 Å². The highest BCUT2D eigenvalue weighted by molar-refractivity contribution is 6.31. The number of nitrogens with one attached hydrogen (secondary N) is 1. The fourth-order valence-corrected chi connectivity index (χ4v) is 3.14. The number of benzene rings is 1. The number of rotatable bonds is 8. The molecule has 2 rings (SSSR count). The van der Waals surface area contributed by atoms with E-state index in [1.54, 1.807) is 0 Å². The maximum Gasteiger partial charge on any atom is 0.330 e. The molecule has 1 amide bonds. The van der Waals surface area contributed by atoms with E-state index in [2.05, 4.69) is 4.98 Å². The maximum absolute atomic E-state index is 14.1. The Labute approximate surface area is 166 Å². The highest BCUT2D eigenvalue weighted by Gasteiger charge is 2.25. The van der Waals surface area contributed by atoms with Crippen LogP contribution >= 0.6 is 11.6 Å². The zero-order valence-corrected chi connectivity index (χ0v) is 16.7. The number of H-pyrrole nitrogens is 1. The molecule has 2 aromatic rings. The van der Waals surface area contributed by atoms with Crippen LogP contribution in [0.25, 0.3) is 0 Å². The van der Waals surface area contributed by atoms with Crippen molar-refractivity contribution in [2.75, 3.05) is 17.2 Å². The molecule has 0 aliphatic rings. The molecule has 0 saturated heterocycles. The van der Waals surface area contributed by atoms with E-state index in [4.69, 9.17) is 17.3 Å². The fraction of sp³-hybridized carbons (Fsp3) is 0.421. The molecular formula is C19H24ClFN4O3. The summed E-state index contributed by atoms with van der Waals surface area (Å²) >= 11 is 6.03. The monoisotopic (exact) mass is 410 g/mol. The smallest absolute Gasteiger partial charge is 0.330 e. The number of nitrogen functional groups attached to an aromatic ring is 1. The van der Waals surface area contributed by atoms with Gasteiger partial charge in [0.05, 0.1) is 6.42 Å². The van der Waals surface area contributed by atoms with Gasteiger partial charge in [0.25, 0.3) is 5.56 Å². The van der Waals surface area contributed by atoms with Gasteiger partial charge in [0.1, 0.15) is 11.6 Å². The van der Waals surface area contributed by atoms with Crippen LogP contribution in [0.3, 0.4) is 0 Å². The molecule has 9 heteroatoms. The second-order valence-electron chi connectivity index (χ2n) is 6.42. The Bertz CT molecular complexity index is 950. The van der Waals surface area contributed by atoms with Crippen LogP contribution in [0.2, 0.25) is 5.02 Å². The molecule has 7 nitrogen and oxygen atoms in total. The molecular weight excluding hydrogens is 387 g/mol. The largest absolute Gasteiger partial charge is 0.383 e. The van der Waals surface area contributed by atoms with Crippen molar-refractivity contribution in [3.8, 4) is 0 Å². The Hall–Kier alpha value is -2.61. The van der Waals surface area contributed by atoms with Crippen molar-refractivity contribution in [2.24, 2.45) is 0 Å². The summed E-state index contributed by atoms with van der Waals surface area (Å²) in [6.45, 7) is 4.29. The van der Waals surface area contributed by atoms with Crippen LogP contribution in [0.5, 0.6) is 0 Å². The lowest BCUT2D eigenvalue weighted by Crippen LogP contribution is -2.42. The van der Waals surface area contributed by atoms with Gasteiger partial charge in [-0.1, -0.05) is 37.9 Å². The molecule has 0 fully saturated rings. The number of hydrogen-bond acceptors (Lipinski definition) is 4. The van der Waals surface area contributed by atoms with Gasteiger partial charge in [-0.15, -0.1) is 0 Å². The number of anilines is 2. The van der Waals surface area contributed by atoms with Crippen LogP contribution in [0.4, 0.5) is 15.9 Å². The first-order valence-electron chi connectivity index (χ1n) is 9.17. The van der Waals surface area contributed by atoms with Gasteiger partial charge in [-0.25, -0.2) is 9.18 Å². The van der Waals surface area contributed by atoms with E-state index < -0.39 is 23.0 Å². The summed E-state index contributed by atoms with van der Waals surface area (Å²) in [4.78, 5) is 40.9. The van der Waals surface area contributed by atoms with Gasteiger partial charge in [0.2, 0.25) is 5.91 Å². The average Bonchev–Trinajstić information content (AvgIpc) is 2.64. The van der Waals surface area contributed by atoms with Gasteiger partial charge in [-0.3, -0.25) is 19.1 Å². The summed E-state index contributed by atoms with van der Waals surface area (Å²) in [6, 6.07) is 4.16. The molecule has 0 unspecified atom stereocenters. The Kier molecular flexibility index (Phi) is 7.39. The predicted octanol–water partition coefficient (Wildman–Crippen LogP) is 2.70. The Morgan fingerprint density at radius 3 is 2.61 bits per heavy atom. The van der Waals surface area contributed by atoms with Crippen LogP contribution in [0.1, 0.15) is 38.7 Å². The van der Waals surface area contributed by atoms with E-state index in [9.17, 15) is 18.8 Å². The maximum atomic E-state index is 14.1. The predicted molar refractivity (Wildman–Crippen MR) is 108 cm³/mol. The van der Waals surface area contributed by atoms with E-state index in [0.717, 1.165) is 6.42 Å². The minimum Gasteiger partial charge on any atom is -0.383 e. The quantitative estimate of drug-likeness (QED) is 0.698. The van der Waals surface area contributed by atoms with Crippen molar-refractivity contribution in [1.82, 2.24) is 9.55 Å². The average molecular weight is 411 g/mol. The van der Waals surface area contributed by atoms with Crippen molar-refractivity contribution >= 4 is 29.0 Å². The highest BCUT2D eigenvalue weighted by Crippen LogP contribution is 2.23. The molecule has 0 saturated carbocycles. The van der Waals surface area contributed by atoms with Crippen LogP contribution in [-0.2, 0) is 17.8 Å². The van der Waals surface area contributed by atoms with Crippen molar-refractivity contribution in [3.05, 3.63) is 55.4 Å². The van der Waals surface area contributed by atoms with Crippen molar-refractivity contribution in [3.63, 3.8) is 0 Å². The van der Waals surface area contributed by atoms with Crippen LogP contribution in [0.15, 0.2) is 27.8 Å². The number of aromatic nitrogens is 2. The number of unbranched alkanes of at least 4 members (excludes halogenated alkanes) is 1. The van der Waals surface area contributed by atoms with Gasteiger partial charge in [0, 0.05) is 23.7 Å². The fourth-order valence-electron chi connectivity index (χ4n) is 2.91. The van der Waals surface area contributed by atoms with Crippen LogP contribution in [-0.4, -0.2) is 22.0 Å². The normalized spacial score (nSPS) is 10.9. The summed E-state index contributed by atoms with van der Waals surface area (Å²) in [7, 11) is 0. The molecule has 0 radical (unpaired) electrons. The number of hydrogen-bond donors (Lipinski definition) is 2. The van der Waals surface area contributed by atoms with E-state index in [1.807, 2.05) is 13.8 Å². The Morgan fingerprint density at radius 1 is 1.29 bits per heavy atom. The van der Waals surface area contributed by atoms with Crippen LogP contribution in [0, 0.1) is 5.82 Å². The third-order valence-electron chi connectivity index (χ3n) is 4.36. The minimum atomic E-state index is -0.751. The number of nitrogens with two attached hydrogens (primary N) is 1. The SMILES string of the molecule is CCCCN(C(=O)Cc1c(F)cccc1Cl)c1c(N)n(CCC)c(=O)[nH]c1=O. The summed E-state index contributed by atoms with van der Waals surface area (Å²) in [5.41, 5.74) is 4.65. The first kappa shape index (κ1) is 21.7. The molecule has 1 aromatic carbocycles. The van der Waals surface area contributed by atoms with Crippen molar-refractivity contribution in [2.45, 2.75) is 46.1 Å². The Balaban J connectivity index is 2.52. The molecule has 3 N–H and O–H groups in total.